The Kier molecular flexibility index (Phi) is 6.10. The minimum absolute atomic E-state index is 0.205. The molecule has 0 saturated heterocycles. The molecule has 5 nitrogen and oxygen atoms in total. The minimum Gasteiger partial charge on any atom is -0.391 e. The number of halogens is 1. The number of amides is 1. The van der Waals surface area contributed by atoms with Gasteiger partial charge in [0.25, 0.3) is 5.91 Å². The van der Waals surface area contributed by atoms with Gasteiger partial charge in [-0.2, -0.15) is 0 Å². The second kappa shape index (κ2) is 7.37. The average Bonchev–Trinajstić information content (AvgIpc) is 2.29. The monoisotopic (exact) mass is 302 g/mol. The third-order valence-electron chi connectivity index (χ3n) is 2.09. The Morgan fingerprint density at radius 1 is 1.65 bits per heavy atom. The zero-order valence-corrected chi connectivity index (χ0v) is 11.1. The third kappa shape index (κ3) is 5.25. The first kappa shape index (κ1) is 14.1. The van der Waals surface area contributed by atoms with E-state index in [1.807, 2.05) is 0 Å². The fraction of sp³-hybridized carbons (Fsp3) is 0.455. The van der Waals surface area contributed by atoms with Crippen LogP contribution < -0.4 is 5.32 Å². The highest BCUT2D eigenvalue weighted by Gasteiger charge is 2.07. The first-order chi connectivity index (χ1) is 8.13. The number of ether oxygens (including phenoxy) is 1. The molecule has 0 fully saturated rings. The first-order valence-corrected chi connectivity index (χ1v) is 5.98. The molecule has 0 aliphatic rings. The smallest absolute Gasteiger partial charge is 0.252 e. The number of carbonyl (C=O) groups excluding carboxylic acids is 1. The molecule has 17 heavy (non-hydrogen) atoms. The van der Waals surface area contributed by atoms with Crippen molar-refractivity contribution < 1.29 is 14.6 Å². The Hall–Kier alpha value is -0.980. The third-order valence-corrected chi connectivity index (χ3v) is 2.52. The van der Waals surface area contributed by atoms with Crippen LogP contribution in [0.3, 0.4) is 0 Å². The van der Waals surface area contributed by atoms with Crippen molar-refractivity contribution in [2.24, 2.45) is 0 Å². The van der Waals surface area contributed by atoms with Gasteiger partial charge in [-0.05, 0) is 28.4 Å². The van der Waals surface area contributed by atoms with Gasteiger partial charge in [-0.3, -0.25) is 9.78 Å². The van der Waals surface area contributed by atoms with Crippen LogP contribution in [0.1, 0.15) is 16.8 Å². The number of carbonyl (C=O) groups is 1. The van der Waals surface area contributed by atoms with Gasteiger partial charge in [0.1, 0.15) is 0 Å². The van der Waals surface area contributed by atoms with E-state index in [4.69, 9.17) is 4.74 Å². The summed E-state index contributed by atoms with van der Waals surface area (Å²) in [5, 5.41) is 12.1. The number of aliphatic hydroxyl groups excluding tert-OH is 1. The molecule has 1 aromatic rings. The van der Waals surface area contributed by atoms with Crippen LogP contribution in [-0.2, 0) is 4.74 Å². The molecule has 0 aliphatic carbocycles. The summed E-state index contributed by atoms with van der Waals surface area (Å²) in [5.74, 6) is -0.205. The zero-order chi connectivity index (χ0) is 12.7. The number of nitrogens with zero attached hydrogens (tertiary/aromatic N) is 1. The number of aliphatic hydroxyl groups is 1. The maximum absolute atomic E-state index is 11.7. The summed E-state index contributed by atoms with van der Waals surface area (Å²) < 4.78 is 5.54. The summed E-state index contributed by atoms with van der Waals surface area (Å²) in [6.07, 6.45) is 3.01. The van der Waals surface area contributed by atoms with Crippen molar-refractivity contribution in [1.29, 1.82) is 0 Å². The average molecular weight is 303 g/mol. The van der Waals surface area contributed by atoms with Gasteiger partial charge < -0.3 is 15.2 Å². The maximum atomic E-state index is 11.7. The van der Waals surface area contributed by atoms with Gasteiger partial charge in [-0.1, -0.05) is 0 Å². The van der Waals surface area contributed by atoms with Crippen molar-refractivity contribution in [3.63, 3.8) is 0 Å². The van der Waals surface area contributed by atoms with Crippen LogP contribution >= 0.6 is 15.9 Å². The molecule has 0 radical (unpaired) electrons. The highest BCUT2D eigenvalue weighted by atomic mass is 79.9. The van der Waals surface area contributed by atoms with E-state index in [-0.39, 0.29) is 12.5 Å². The van der Waals surface area contributed by atoms with Gasteiger partial charge in [0.15, 0.2) is 0 Å². The molecular weight excluding hydrogens is 288 g/mol. The van der Waals surface area contributed by atoms with Crippen LogP contribution in [0.5, 0.6) is 0 Å². The van der Waals surface area contributed by atoms with E-state index in [1.165, 1.54) is 13.3 Å². The predicted molar refractivity (Wildman–Crippen MR) is 66.8 cm³/mol. The van der Waals surface area contributed by atoms with Crippen LogP contribution in [0.2, 0.25) is 0 Å². The van der Waals surface area contributed by atoms with E-state index in [2.05, 4.69) is 26.2 Å². The van der Waals surface area contributed by atoms with Crippen LogP contribution in [0.15, 0.2) is 22.9 Å². The number of hydrogen-bond donors (Lipinski definition) is 2. The lowest BCUT2D eigenvalue weighted by Gasteiger charge is -2.10. The van der Waals surface area contributed by atoms with Crippen molar-refractivity contribution in [2.45, 2.75) is 12.5 Å². The Labute approximate surface area is 108 Å². The van der Waals surface area contributed by atoms with Crippen LogP contribution in [-0.4, -0.2) is 42.4 Å². The van der Waals surface area contributed by atoms with Crippen LogP contribution in [0.25, 0.3) is 0 Å². The fourth-order valence-electron chi connectivity index (χ4n) is 1.27. The molecule has 0 aromatic carbocycles. The second-order valence-corrected chi connectivity index (χ2v) is 4.46. The zero-order valence-electron chi connectivity index (χ0n) is 9.52. The fourth-order valence-corrected chi connectivity index (χ4v) is 1.63. The van der Waals surface area contributed by atoms with Crippen molar-refractivity contribution >= 4 is 21.8 Å². The standard InChI is InChI=1S/C11H15BrN2O3/c1-17-7-10(15)2-3-14-11(16)8-4-9(12)6-13-5-8/h4-6,10,15H,2-3,7H2,1H3,(H,14,16). The van der Waals surface area contributed by atoms with Crippen molar-refractivity contribution in [3.05, 3.63) is 28.5 Å². The van der Waals surface area contributed by atoms with Gasteiger partial charge in [0.2, 0.25) is 0 Å². The molecule has 1 amide bonds. The molecule has 0 saturated carbocycles. The van der Waals surface area contributed by atoms with E-state index in [0.717, 1.165) is 4.47 Å². The number of nitrogens with one attached hydrogen (secondary N) is 1. The molecule has 1 heterocycles. The van der Waals surface area contributed by atoms with E-state index in [9.17, 15) is 9.90 Å². The van der Waals surface area contributed by atoms with Crippen molar-refractivity contribution in [3.8, 4) is 0 Å². The van der Waals surface area contributed by atoms with Crippen molar-refractivity contribution in [2.75, 3.05) is 20.3 Å². The highest BCUT2D eigenvalue weighted by Crippen LogP contribution is 2.09. The van der Waals surface area contributed by atoms with E-state index >= 15 is 0 Å². The first-order valence-electron chi connectivity index (χ1n) is 5.19. The molecule has 0 aliphatic heterocycles. The Bertz CT molecular complexity index is 373. The summed E-state index contributed by atoms with van der Waals surface area (Å²) in [4.78, 5) is 15.6. The normalized spacial score (nSPS) is 12.2. The van der Waals surface area contributed by atoms with Gasteiger partial charge >= 0.3 is 0 Å². The molecule has 1 aromatic heterocycles. The number of pyridine rings is 1. The summed E-state index contributed by atoms with van der Waals surface area (Å²) >= 11 is 3.24. The lowest BCUT2D eigenvalue weighted by molar-refractivity contribution is 0.0587. The summed E-state index contributed by atoms with van der Waals surface area (Å²) in [7, 11) is 1.52. The lowest BCUT2D eigenvalue weighted by atomic mass is 10.2. The molecule has 1 atom stereocenters. The van der Waals surface area contributed by atoms with Crippen molar-refractivity contribution in [1.82, 2.24) is 10.3 Å². The largest absolute Gasteiger partial charge is 0.391 e. The number of rotatable bonds is 6. The Morgan fingerprint density at radius 2 is 2.41 bits per heavy atom. The molecule has 94 valence electrons. The Balaban J connectivity index is 2.35. The molecule has 2 N–H and O–H groups in total. The molecule has 1 unspecified atom stereocenters. The molecular formula is C11H15BrN2O3. The SMILES string of the molecule is COCC(O)CCNC(=O)c1cncc(Br)c1. The van der Waals surface area contributed by atoms with Crippen LogP contribution in [0, 0.1) is 0 Å². The van der Waals surface area contributed by atoms with E-state index in [1.54, 1.807) is 12.3 Å². The second-order valence-electron chi connectivity index (χ2n) is 3.55. The molecule has 0 spiro atoms. The minimum atomic E-state index is -0.555. The summed E-state index contributed by atoms with van der Waals surface area (Å²) in [5.41, 5.74) is 0.487. The molecule has 1 rings (SSSR count). The quantitative estimate of drug-likeness (QED) is 0.821. The summed E-state index contributed by atoms with van der Waals surface area (Å²) in [6, 6.07) is 1.69. The van der Waals surface area contributed by atoms with E-state index in [0.29, 0.717) is 18.5 Å². The van der Waals surface area contributed by atoms with Gasteiger partial charge in [-0.15, -0.1) is 0 Å². The summed E-state index contributed by atoms with van der Waals surface area (Å²) in [6.45, 7) is 0.671. The maximum Gasteiger partial charge on any atom is 0.252 e. The number of methoxy groups -OCH3 is 1. The highest BCUT2D eigenvalue weighted by molar-refractivity contribution is 9.10. The van der Waals surface area contributed by atoms with Gasteiger partial charge in [0, 0.05) is 30.5 Å². The lowest BCUT2D eigenvalue weighted by Crippen LogP contribution is -2.28. The van der Waals surface area contributed by atoms with Gasteiger partial charge in [-0.25, -0.2) is 0 Å². The van der Waals surface area contributed by atoms with Crippen LogP contribution in [0.4, 0.5) is 0 Å². The number of aromatic nitrogens is 1. The van der Waals surface area contributed by atoms with E-state index < -0.39 is 6.10 Å². The van der Waals surface area contributed by atoms with Gasteiger partial charge in [0.05, 0.1) is 18.3 Å². The Morgan fingerprint density at radius 3 is 3.06 bits per heavy atom. The number of hydrogen-bond acceptors (Lipinski definition) is 4. The topological polar surface area (TPSA) is 71.5 Å². The predicted octanol–water partition coefficient (Wildman–Crippen LogP) is 0.971. The molecule has 0 bridgehead atoms. The molecule has 6 heteroatoms.